The highest BCUT2D eigenvalue weighted by atomic mass is 19.2. The van der Waals surface area contributed by atoms with Crippen LogP contribution in [0.15, 0.2) is 60.7 Å². The minimum atomic E-state index is -1.54. The number of aryl methyl sites for hydroxylation is 1. The van der Waals surface area contributed by atoms with Crippen molar-refractivity contribution < 1.29 is 22.0 Å². The van der Waals surface area contributed by atoms with E-state index in [0.717, 1.165) is 11.6 Å². The van der Waals surface area contributed by atoms with Crippen molar-refractivity contribution >= 4 is 10.8 Å². The molecule has 0 nitrogen and oxygen atoms in total. The van der Waals surface area contributed by atoms with Gasteiger partial charge in [0.15, 0.2) is 17.5 Å². The average Bonchev–Trinajstić information content (AvgIpc) is 2.76. The third-order valence-electron chi connectivity index (χ3n) is 4.75. The molecule has 0 unspecified atom stereocenters. The lowest BCUT2D eigenvalue weighted by molar-refractivity contribution is 0.453. The molecule has 0 atom stereocenters. The molecule has 0 saturated heterocycles. The maximum atomic E-state index is 14.4. The predicted molar refractivity (Wildman–Crippen MR) is 113 cm³/mol. The van der Waals surface area contributed by atoms with Gasteiger partial charge in [-0.15, -0.1) is 0 Å². The van der Waals surface area contributed by atoms with Crippen molar-refractivity contribution in [2.75, 3.05) is 0 Å². The minimum Gasteiger partial charge on any atom is -0.206 e. The van der Waals surface area contributed by atoms with Crippen LogP contribution in [-0.4, -0.2) is 0 Å². The van der Waals surface area contributed by atoms with Gasteiger partial charge in [-0.1, -0.05) is 35.8 Å². The fraction of sp³-hybridized carbons (Fsp3) is 0.0370. The van der Waals surface area contributed by atoms with Crippen LogP contribution in [0.4, 0.5) is 22.0 Å². The van der Waals surface area contributed by atoms with E-state index in [2.05, 4.69) is 23.7 Å². The number of fused-ring (bicyclic) bond motifs is 1. The molecule has 4 aromatic carbocycles. The van der Waals surface area contributed by atoms with Crippen LogP contribution in [0.1, 0.15) is 27.8 Å². The third-order valence-corrected chi connectivity index (χ3v) is 4.75. The van der Waals surface area contributed by atoms with E-state index in [1.807, 2.05) is 0 Å². The molecule has 0 amide bonds. The highest BCUT2D eigenvalue weighted by Crippen LogP contribution is 2.24. The maximum Gasteiger partial charge on any atom is 0.195 e. The molecule has 32 heavy (non-hydrogen) atoms. The van der Waals surface area contributed by atoms with Gasteiger partial charge < -0.3 is 0 Å². The summed E-state index contributed by atoms with van der Waals surface area (Å²) >= 11 is 0. The molecule has 0 fully saturated rings. The molecule has 0 saturated carbocycles. The first-order valence-electron chi connectivity index (χ1n) is 9.49. The monoisotopic (exact) mass is 432 g/mol. The van der Waals surface area contributed by atoms with Crippen molar-refractivity contribution in [1.29, 1.82) is 0 Å². The van der Waals surface area contributed by atoms with Crippen molar-refractivity contribution in [3.8, 4) is 23.7 Å². The normalized spacial score (nSPS) is 10.3. The number of benzene rings is 4. The van der Waals surface area contributed by atoms with Crippen LogP contribution in [0.25, 0.3) is 10.8 Å². The number of halogens is 5. The Balaban J connectivity index is 1.60. The molecule has 5 heteroatoms. The van der Waals surface area contributed by atoms with E-state index in [-0.39, 0.29) is 21.9 Å². The molecular formula is C27H13F5. The lowest BCUT2D eigenvalue weighted by Gasteiger charge is -2.02. The first kappa shape index (κ1) is 21.2. The summed E-state index contributed by atoms with van der Waals surface area (Å²) < 4.78 is 68.9. The molecule has 0 spiro atoms. The van der Waals surface area contributed by atoms with Crippen LogP contribution >= 0.6 is 0 Å². The van der Waals surface area contributed by atoms with E-state index < -0.39 is 29.1 Å². The summed E-state index contributed by atoms with van der Waals surface area (Å²) in [5.41, 5.74) is 1.81. The predicted octanol–water partition coefficient (Wildman–Crippen LogP) is 6.64. The Kier molecular flexibility index (Phi) is 5.67. The minimum absolute atomic E-state index is 0.0754. The van der Waals surface area contributed by atoms with Crippen molar-refractivity contribution in [1.82, 2.24) is 0 Å². The van der Waals surface area contributed by atoms with Gasteiger partial charge in [0.2, 0.25) is 0 Å². The molecular weight excluding hydrogens is 419 g/mol. The second-order valence-electron chi connectivity index (χ2n) is 7.10. The fourth-order valence-electron chi connectivity index (χ4n) is 3.08. The molecule has 0 aliphatic carbocycles. The Labute approximate surface area is 181 Å². The Hall–Kier alpha value is -4.09. The van der Waals surface area contributed by atoms with Crippen molar-refractivity contribution in [2.45, 2.75) is 6.92 Å². The van der Waals surface area contributed by atoms with Gasteiger partial charge in [0.05, 0.1) is 11.1 Å². The molecule has 0 heterocycles. The van der Waals surface area contributed by atoms with Gasteiger partial charge in [0.1, 0.15) is 11.6 Å². The van der Waals surface area contributed by atoms with Crippen LogP contribution in [0, 0.1) is 59.7 Å². The summed E-state index contributed by atoms with van der Waals surface area (Å²) in [6.07, 6.45) is 0. The zero-order chi connectivity index (χ0) is 22.8. The van der Waals surface area contributed by atoms with Gasteiger partial charge in [-0.2, -0.15) is 0 Å². The summed E-state index contributed by atoms with van der Waals surface area (Å²) in [4.78, 5) is 0. The average molecular weight is 432 g/mol. The number of rotatable bonds is 0. The molecule has 0 aliphatic rings. The van der Waals surface area contributed by atoms with Crippen LogP contribution < -0.4 is 0 Å². The number of hydrogen-bond donors (Lipinski definition) is 0. The van der Waals surface area contributed by atoms with Gasteiger partial charge in [-0.3, -0.25) is 0 Å². The van der Waals surface area contributed by atoms with Gasteiger partial charge in [-0.05, 0) is 66.4 Å². The van der Waals surface area contributed by atoms with E-state index in [1.165, 1.54) is 36.4 Å². The van der Waals surface area contributed by atoms with Gasteiger partial charge >= 0.3 is 0 Å². The lowest BCUT2D eigenvalue weighted by Crippen LogP contribution is -1.92. The van der Waals surface area contributed by atoms with Crippen LogP contribution in [0.5, 0.6) is 0 Å². The molecule has 0 radical (unpaired) electrons. The van der Waals surface area contributed by atoms with Crippen molar-refractivity contribution in [3.63, 3.8) is 0 Å². The van der Waals surface area contributed by atoms with Crippen LogP contribution in [0.2, 0.25) is 0 Å². The Bertz CT molecular complexity index is 1490. The van der Waals surface area contributed by atoms with E-state index in [4.69, 9.17) is 0 Å². The lowest BCUT2D eigenvalue weighted by atomic mass is 10.1. The Morgan fingerprint density at radius 3 is 1.78 bits per heavy atom. The second kappa shape index (κ2) is 8.57. The standard InChI is InChI=1S/C27H13F5/c1-16-2-7-19(23(28)12-16)9-4-18-5-10-20(24(29)14-18)8-3-17-6-11-22-21(13-17)15-25(30)27(32)26(22)31/h2,5-7,10-15H,1H3. The highest BCUT2D eigenvalue weighted by Gasteiger charge is 2.13. The van der Waals surface area contributed by atoms with E-state index in [1.54, 1.807) is 25.1 Å². The van der Waals surface area contributed by atoms with Crippen molar-refractivity contribution in [3.05, 3.63) is 118 Å². The molecule has 0 aliphatic heterocycles. The van der Waals surface area contributed by atoms with Crippen LogP contribution in [0.3, 0.4) is 0 Å². The summed E-state index contributed by atoms with van der Waals surface area (Å²) in [6, 6.07) is 13.8. The van der Waals surface area contributed by atoms with Gasteiger partial charge in [-0.25, -0.2) is 22.0 Å². The largest absolute Gasteiger partial charge is 0.206 e. The zero-order valence-electron chi connectivity index (χ0n) is 16.7. The summed E-state index contributed by atoms with van der Waals surface area (Å²) in [5, 5.41) is 0.0659. The highest BCUT2D eigenvalue weighted by molar-refractivity contribution is 5.84. The Morgan fingerprint density at radius 2 is 1.12 bits per heavy atom. The molecule has 156 valence electrons. The third kappa shape index (κ3) is 4.33. The molecule has 4 aromatic rings. The number of hydrogen-bond acceptors (Lipinski definition) is 0. The summed E-state index contributed by atoms with van der Waals surface area (Å²) in [6.45, 7) is 1.77. The molecule has 0 aromatic heterocycles. The van der Waals surface area contributed by atoms with Crippen LogP contribution in [-0.2, 0) is 0 Å². The van der Waals surface area contributed by atoms with Gasteiger partial charge in [0.25, 0.3) is 0 Å². The first-order chi connectivity index (χ1) is 15.3. The topological polar surface area (TPSA) is 0 Å². The SMILES string of the molecule is Cc1ccc(C#Cc2ccc(C#Cc3ccc4c(F)c(F)c(F)cc4c3)c(F)c2)c(F)c1. The molecule has 0 N–H and O–H groups in total. The maximum absolute atomic E-state index is 14.4. The quantitative estimate of drug-likeness (QED) is 0.166. The molecule has 4 rings (SSSR count). The first-order valence-corrected chi connectivity index (χ1v) is 9.49. The molecule has 0 bridgehead atoms. The summed E-state index contributed by atoms with van der Waals surface area (Å²) in [5.74, 6) is 5.61. The van der Waals surface area contributed by atoms with E-state index in [0.29, 0.717) is 11.1 Å². The van der Waals surface area contributed by atoms with E-state index >= 15 is 0 Å². The Morgan fingerprint density at radius 1 is 0.531 bits per heavy atom. The summed E-state index contributed by atoms with van der Waals surface area (Å²) in [7, 11) is 0. The smallest absolute Gasteiger partial charge is 0.195 e. The zero-order valence-corrected chi connectivity index (χ0v) is 16.7. The fourth-order valence-corrected chi connectivity index (χ4v) is 3.08. The second-order valence-corrected chi connectivity index (χ2v) is 7.10. The van der Waals surface area contributed by atoms with Crippen molar-refractivity contribution in [2.24, 2.45) is 0 Å². The van der Waals surface area contributed by atoms with Gasteiger partial charge in [0, 0.05) is 16.5 Å². The van der Waals surface area contributed by atoms with E-state index in [9.17, 15) is 22.0 Å².